The predicted octanol–water partition coefficient (Wildman–Crippen LogP) is 2.80. The summed E-state index contributed by atoms with van der Waals surface area (Å²) in [7, 11) is 0. The van der Waals surface area contributed by atoms with Gasteiger partial charge in [0.1, 0.15) is 12.1 Å². The van der Waals surface area contributed by atoms with Crippen LogP contribution in [0, 0.1) is 0 Å². The van der Waals surface area contributed by atoms with Crippen LogP contribution in [0.2, 0.25) is 0 Å². The van der Waals surface area contributed by atoms with Gasteiger partial charge in [-0.2, -0.15) is 0 Å². The molecule has 0 radical (unpaired) electrons. The fourth-order valence-corrected chi connectivity index (χ4v) is 3.51. The van der Waals surface area contributed by atoms with Crippen LogP contribution < -0.4 is 10.1 Å². The van der Waals surface area contributed by atoms with Crippen LogP contribution in [-0.2, 0) is 17.6 Å². The SMILES string of the molecule is CC(NC(=O)COc1ccc(-n2cnnn2)cc1)c1ccc2c(c1)CCCC2. The number of aryl methyl sites for hydroxylation is 2. The number of carbonyl (C=O) groups is 1. The quantitative estimate of drug-likeness (QED) is 0.714. The van der Waals surface area contributed by atoms with E-state index < -0.39 is 0 Å². The number of tetrazole rings is 1. The lowest BCUT2D eigenvalue weighted by atomic mass is 9.89. The number of nitrogens with zero attached hydrogens (tertiary/aromatic N) is 4. The van der Waals surface area contributed by atoms with E-state index in [2.05, 4.69) is 39.0 Å². The Bertz CT molecular complexity index is 938. The summed E-state index contributed by atoms with van der Waals surface area (Å²) in [6.45, 7) is 1.98. The highest BCUT2D eigenvalue weighted by Crippen LogP contribution is 2.24. The fourth-order valence-electron chi connectivity index (χ4n) is 3.51. The molecule has 1 amide bonds. The molecule has 7 heteroatoms. The summed E-state index contributed by atoms with van der Waals surface area (Å²) in [6, 6.07) is 13.7. The van der Waals surface area contributed by atoms with E-state index in [0.717, 1.165) is 24.1 Å². The van der Waals surface area contributed by atoms with E-state index in [4.69, 9.17) is 4.74 Å². The van der Waals surface area contributed by atoms with Crippen molar-refractivity contribution in [1.29, 1.82) is 0 Å². The van der Waals surface area contributed by atoms with Crippen molar-refractivity contribution < 1.29 is 9.53 Å². The molecule has 0 fully saturated rings. The average molecular weight is 377 g/mol. The summed E-state index contributed by atoms with van der Waals surface area (Å²) in [4.78, 5) is 12.3. The third-order valence-corrected chi connectivity index (χ3v) is 5.07. The van der Waals surface area contributed by atoms with Crippen LogP contribution >= 0.6 is 0 Å². The van der Waals surface area contributed by atoms with E-state index in [0.29, 0.717) is 5.75 Å². The molecule has 0 bridgehead atoms. The minimum absolute atomic E-state index is 0.0283. The first-order valence-electron chi connectivity index (χ1n) is 9.56. The summed E-state index contributed by atoms with van der Waals surface area (Å²) >= 11 is 0. The number of carbonyl (C=O) groups excluding carboxylic acids is 1. The molecule has 144 valence electrons. The summed E-state index contributed by atoms with van der Waals surface area (Å²) in [5.41, 5.74) is 4.83. The minimum Gasteiger partial charge on any atom is -0.484 e. The highest BCUT2D eigenvalue weighted by atomic mass is 16.5. The number of hydrogen-bond donors (Lipinski definition) is 1. The van der Waals surface area contributed by atoms with Crippen molar-refractivity contribution in [2.45, 2.75) is 38.6 Å². The first-order chi connectivity index (χ1) is 13.7. The maximum atomic E-state index is 12.3. The summed E-state index contributed by atoms with van der Waals surface area (Å²) in [6.07, 6.45) is 6.33. The van der Waals surface area contributed by atoms with Crippen molar-refractivity contribution in [1.82, 2.24) is 25.5 Å². The van der Waals surface area contributed by atoms with Gasteiger partial charge >= 0.3 is 0 Å². The van der Waals surface area contributed by atoms with Gasteiger partial charge in [0, 0.05) is 0 Å². The van der Waals surface area contributed by atoms with Gasteiger partial charge in [-0.25, -0.2) is 4.68 Å². The van der Waals surface area contributed by atoms with Gasteiger partial charge in [0.25, 0.3) is 5.91 Å². The molecule has 7 nitrogen and oxygen atoms in total. The molecule has 1 N–H and O–H groups in total. The molecular weight excluding hydrogens is 354 g/mol. The molecule has 0 aliphatic heterocycles. The number of benzene rings is 2. The van der Waals surface area contributed by atoms with E-state index in [1.54, 1.807) is 16.8 Å². The Balaban J connectivity index is 1.30. The molecule has 1 aromatic heterocycles. The summed E-state index contributed by atoms with van der Waals surface area (Å²) in [5, 5.41) is 14.1. The van der Waals surface area contributed by atoms with Crippen LogP contribution in [-0.4, -0.2) is 32.7 Å². The van der Waals surface area contributed by atoms with Crippen molar-refractivity contribution in [3.63, 3.8) is 0 Å². The normalized spacial score (nSPS) is 14.2. The molecule has 1 aliphatic rings. The predicted molar refractivity (Wildman–Crippen MR) is 104 cm³/mol. The maximum absolute atomic E-state index is 12.3. The molecule has 0 saturated carbocycles. The number of rotatable bonds is 6. The maximum Gasteiger partial charge on any atom is 0.258 e. The third-order valence-electron chi connectivity index (χ3n) is 5.07. The number of fused-ring (bicyclic) bond motifs is 1. The van der Waals surface area contributed by atoms with Crippen molar-refractivity contribution in [2.75, 3.05) is 6.61 Å². The Morgan fingerprint density at radius 3 is 2.68 bits per heavy atom. The second kappa shape index (κ2) is 8.21. The van der Waals surface area contributed by atoms with E-state index in [-0.39, 0.29) is 18.6 Å². The Labute approximate surface area is 163 Å². The average Bonchev–Trinajstić information content (AvgIpc) is 3.27. The van der Waals surface area contributed by atoms with Gasteiger partial charge < -0.3 is 10.1 Å². The molecular formula is C21H23N5O2. The number of hydrogen-bond acceptors (Lipinski definition) is 5. The van der Waals surface area contributed by atoms with Crippen LogP contribution in [0.5, 0.6) is 5.75 Å². The highest BCUT2D eigenvalue weighted by Gasteiger charge is 2.14. The van der Waals surface area contributed by atoms with E-state index in [9.17, 15) is 4.79 Å². The molecule has 0 saturated heterocycles. The van der Waals surface area contributed by atoms with Crippen LogP contribution in [0.1, 0.15) is 42.5 Å². The molecule has 2 aromatic carbocycles. The molecule has 1 aliphatic carbocycles. The lowest BCUT2D eigenvalue weighted by molar-refractivity contribution is -0.123. The van der Waals surface area contributed by atoms with Crippen LogP contribution in [0.4, 0.5) is 0 Å². The standard InChI is InChI=1S/C21H23N5O2/c1-15(17-7-6-16-4-2-3-5-18(16)12-17)23-21(27)13-28-20-10-8-19(9-11-20)26-14-22-24-25-26/h6-12,14-15H,2-5,13H2,1H3,(H,23,27). The highest BCUT2D eigenvalue weighted by molar-refractivity contribution is 5.78. The zero-order valence-electron chi connectivity index (χ0n) is 15.8. The van der Waals surface area contributed by atoms with Gasteiger partial charge in [0.05, 0.1) is 11.7 Å². The molecule has 3 aromatic rings. The van der Waals surface area contributed by atoms with Crippen LogP contribution in [0.25, 0.3) is 5.69 Å². The van der Waals surface area contributed by atoms with Gasteiger partial charge in [-0.05, 0) is 84.0 Å². The smallest absolute Gasteiger partial charge is 0.258 e. The molecule has 1 atom stereocenters. The first-order valence-corrected chi connectivity index (χ1v) is 9.56. The minimum atomic E-state index is -0.144. The van der Waals surface area contributed by atoms with Crippen molar-refractivity contribution in [2.24, 2.45) is 0 Å². The van der Waals surface area contributed by atoms with Crippen molar-refractivity contribution in [3.05, 3.63) is 65.5 Å². The van der Waals surface area contributed by atoms with Crippen molar-refractivity contribution in [3.8, 4) is 11.4 Å². The van der Waals surface area contributed by atoms with E-state index in [1.165, 1.54) is 30.3 Å². The van der Waals surface area contributed by atoms with Crippen molar-refractivity contribution >= 4 is 5.91 Å². The lowest BCUT2D eigenvalue weighted by Gasteiger charge is -2.20. The number of ether oxygens (including phenoxy) is 1. The zero-order valence-corrected chi connectivity index (χ0v) is 15.8. The Kier molecular flexibility index (Phi) is 5.32. The number of amides is 1. The molecule has 1 heterocycles. The van der Waals surface area contributed by atoms with Crippen LogP contribution in [0.15, 0.2) is 48.8 Å². The topological polar surface area (TPSA) is 81.9 Å². The third kappa shape index (κ3) is 4.19. The Hall–Kier alpha value is -3.22. The first kappa shape index (κ1) is 18.2. The molecule has 0 spiro atoms. The number of nitrogens with one attached hydrogen (secondary N) is 1. The summed E-state index contributed by atoms with van der Waals surface area (Å²) < 4.78 is 7.15. The van der Waals surface area contributed by atoms with Gasteiger partial charge in [-0.15, -0.1) is 5.10 Å². The van der Waals surface area contributed by atoms with E-state index in [1.807, 2.05) is 19.1 Å². The monoisotopic (exact) mass is 377 g/mol. The lowest BCUT2D eigenvalue weighted by Crippen LogP contribution is -2.31. The van der Waals surface area contributed by atoms with Gasteiger partial charge in [0.2, 0.25) is 0 Å². The molecule has 28 heavy (non-hydrogen) atoms. The largest absolute Gasteiger partial charge is 0.484 e. The van der Waals surface area contributed by atoms with Crippen LogP contribution in [0.3, 0.4) is 0 Å². The van der Waals surface area contributed by atoms with Gasteiger partial charge in [-0.3, -0.25) is 4.79 Å². The Morgan fingerprint density at radius 2 is 1.93 bits per heavy atom. The second-order valence-corrected chi connectivity index (χ2v) is 7.06. The fraction of sp³-hybridized carbons (Fsp3) is 0.333. The summed E-state index contributed by atoms with van der Waals surface area (Å²) in [5.74, 6) is 0.475. The number of aromatic nitrogens is 4. The van der Waals surface area contributed by atoms with E-state index >= 15 is 0 Å². The second-order valence-electron chi connectivity index (χ2n) is 7.06. The molecule has 4 rings (SSSR count). The van der Waals surface area contributed by atoms with Gasteiger partial charge in [0.15, 0.2) is 6.61 Å². The zero-order chi connectivity index (χ0) is 19.3. The molecule has 1 unspecified atom stereocenters. The van der Waals surface area contributed by atoms with Gasteiger partial charge in [-0.1, -0.05) is 18.2 Å². The Morgan fingerprint density at radius 1 is 1.14 bits per heavy atom.